The topological polar surface area (TPSA) is 67.4 Å². The van der Waals surface area contributed by atoms with E-state index in [2.05, 4.69) is 34.8 Å². The van der Waals surface area contributed by atoms with Crippen molar-refractivity contribution in [3.63, 3.8) is 0 Å². The van der Waals surface area contributed by atoms with Gasteiger partial charge in [0.15, 0.2) is 0 Å². The maximum atomic E-state index is 5.46. The van der Waals surface area contributed by atoms with E-state index in [1.54, 1.807) is 0 Å². The van der Waals surface area contributed by atoms with Gasteiger partial charge in [-0.3, -0.25) is 0 Å². The molecule has 25 heavy (non-hydrogen) atoms. The maximum absolute atomic E-state index is 5.46. The van der Waals surface area contributed by atoms with E-state index in [4.69, 9.17) is 28.4 Å². The van der Waals surface area contributed by atoms with Crippen LogP contribution in [0, 0.1) is 0 Å². The quantitative estimate of drug-likeness (QED) is 0.144. The summed E-state index contributed by atoms with van der Waals surface area (Å²) in [4.78, 5) is 0. The standard InChI is InChI=1S/C17H36INO6/c1-2-6-20-10-14-24-16-12-22-8-4-19-5-9-23-13-17-25-15-11-21-7-3-18/h19H,2-17H2,1H3. The number of alkyl halides is 1. The molecular formula is C17H36INO6. The van der Waals surface area contributed by atoms with E-state index >= 15 is 0 Å². The Labute approximate surface area is 166 Å². The molecule has 0 aromatic rings. The molecule has 0 bridgehead atoms. The van der Waals surface area contributed by atoms with Crippen molar-refractivity contribution < 1.29 is 28.4 Å². The lowest BCUT2D eigenvalue weighted by atomic mass is 10.5. The Hall–Kier alpha value is 0.450. The van der Waals surface area contributed by atoms with Gasteiger partial charge in [-0.1, -0.05) is 29.5 Å². The molecule has 0 radical (unpaired) electrons. The van der Waals surface area contributed by atoms with Gasteiger partial charge >= 0.3 is 0 Å². The minimum atomic E-state index is 0.611. The summed E-state index contributed by atoms with van der Waals surface area (Å²) in [7, 11) is 0. The van der Waals surface area contributed by atoms with Crippen molar-refractivity contribution in [3.8, 4) is 0 Å². The normalized spacial score (nSPS) is 11.3. The van der Waals surface area contributed by atoms with Gasteiger partial charge in [0, 0.05) is 24.1 Å². The van der Waals surface area contributed by atoms with Crippen molar-refractivity contribution in [1.29, 1.82) is 0 Å². The van der Waals surface area contributed by atoms with Gasteiger partial charge in [0.1, 0.15) is 0 Å². The van der Waals surface area contributed by atoms with Crippen molar-refractivity contribution in [1.82, 2.24) is 5.32 Å². The van der Waals surface area contributed by atoms with E-state index < -0.39 is 0 Å². The van der Waals surface area contributed by atoms with Gasteiger partial charge in [-0.25, -0.2) is 0 Å². The maximum Gasteiger partial charge on any atom is 0.0701 e. The fourth-order valence-electron chi connectivity index (χ4n) is 1.70. The largest absolute Gasteiger partial charge is 0.379 e. The highest BCUT2D eigenvalue weighted by molar-refractivity contribution is 14.1. The molecule has 0 aromatic carbocycles. The molecule has 0 aromatic heterocycles. The summed E-state index contributed by atoms with van der Waals surface area (Å²) in [5, 5.41) is 3.26. The first-order valence-corrected chi connectivity index (χ1v) is 10.7. The average Bonchev–Trinajstić information content (AvgIpc) is 2.63. The van der Waals surface area contributed by atoms with Gasteiger partial charge in [0.2, 0.25) is 0 Å². The van der Waals surface area contributed by atoms with Crippen LogP contribution in [-0.4, -0.2) is 96.8 Å². The van der Waals surface area contributed by atoms with Gasteiger partial charge < -0.3 is 33.7 Å². The molecule has 0 saturated heterocycles. The molecule has 152 valence electrons. The Morgan fingerprint density at radius 2 is 0.880 bits per heavy atom. The first kappa shape index (κ1) is 25.4. The third-order valence-electron chi connectivity index (χ3n) is 2.90. The second kappa shape index (κ2) is 24.5. The Balaban J connectivity index is 2.94. The molecular weight excluding hydrogens is 441 g/mol. The fourth-order valence-corrected chi connectivity index (χ4v) is 2.01. The monoisotopic (exact) mass is 477 g/mol. The van der Waals surface area contributed by atoms with Crippen LogP contribution in [0.3, 0.4) is 0 Å². The third kappa shape index (κ3) is 24.4. The van der Waals surface area contributed by atoms with Crippen LogP contribution >= 0.6 is 22.6 Å². The van der Waals surface area contributed by atoms with Crippen LogP contribution in [-0.2, 0) is 28.4 Å². The SMILES string of the molecule is CCCOCCOCCOCCNCCOCCOCCOCCI. The van der Waals surface area contributed by atoms with Gasteiger partial charge in [0.05, 0.1) is 72.7 Å². The van der Waals surface area contributed by atoms with Gasteiger partial charge in [-0.2, -0.15) is 0 Å². The highest BCUT2D eigenvalue weighted by Crippen LogP contribution is 1.85. The van der Waals surface area contributed by atoms with Crippen molar-refractivity contribution >= 4 is 22.6 Å². The first-order valence-electron chi connectivity index (χ1n) is 9.15. The predicted molar refractivity (Wildman–Crippen MR) is 107 cm³/mol. The molecule has 0 saturated carbocycles. The molecule has 0 unspecified atom stereocenters. The molecule has 0 amide bonds. The molecule has 1 N–H and O–H groups in total. The van der Waals surface area contributed by atoms with E-state index in [1.165, 1.54) is 0 Å². The number of nitrogens with one attached hydrogen (secondary N) is 1. The van der Waals surface area contributed by atoms with Crippen LogP contribution in [0.15, 0.2) is 0 Å². The number of hydrogen-bond acceptors (Lipinski definition) is 7. The molecule has 0 atom stereocenters. The lowest BCUT2D eigenvalue weighted by Crippen LogP contribution is -2.25. The minimum Gasteiger partial charge on any atom is -0.379 e. The summed E-state index contributed by atoms with van der Waals surface area (Å²) >= 11 is 2.29. The zero-order chi connectivity index (χ0) is 18.3. The van der Waals surface area contributed by atoms with Crippen LogP contribution in [0.1, 0.15) is 13.3 Å². The first-order chi connectivity index (χ1) is 12.4. The van der Waals surface area contributed by atoms with Crippen LogP contribution < -0.4 is 5.32 Å². The molecule has 8 heteroatoms. The van der Waals surface area contributed by atoms with Crippen molar-refractivity contribution in [2.75, 3.05) is 96.8 Å². The number of halogens is 1. The zero-order valence-corrected chi connectivity index (χ0v) is 17.8. The summed E-state index contributed by atoms with van der Waals surface area (Å²) < 4.78 is 33.3. The number of rotatable bonds is 22. The van der Waals surface area contributed by atoms with E-state index in [0.717, 1.165) is 37.2 Å². The average molecular weight is 477 g/mol. The molecule has 0 rings (SSSR count). The predicted octanol–water partition coefficient (Wildman–Crippen LogP) is 1.52. The summed E-state index contributed by atoms with van der Waals surface area (Å²) in [5.74, 6) is 0. The Morgan fingerprint density at radius 1 is 0.520 bits per heavy atom. The smallest absolute Gasteiger partial charge is 0.0701 e. The summed E-state index contributed by atoms with van der Waals surface area (Å²) in [6.45, 7) is 11.7. The van der Waals surface area contributed by atoms with Crippen molar-refractivity contribution in [2.45, 2.75) is 13.3 Å². The van der Waals surface area contributed by atoms with Crippen molar-refractivity contribution in [2.24, 2.45) is 0 Å². The van der Waals surface area contributed by atoms with Gasteiger partial charge in [-0.15, -0.1) is 0 Å². The van der Waals surface area contributed by atoms with Gasteiger partial charge in [-0.05, 0) is 6.42 Å². The molecule has 0 heterocycles. The zero-order valence-electron chi connectivity index (χ0n) is 15.6. The molecule has 7 nitrogen and oxygen atoms in total. The lowest BCUT2D eigenvalue weighted by Gasteiger charge is -2.08. The summed E-state index contributed by atoms with van der Waals surface area (Å²) in [5.41, 5.74) is 0. The van der Waals surface area contributed by atoms with Crippen LogP contribution in [0.25, 0.3) is 0 Å². The molecule has 0 fully saturated rings. The lowest BCUT2D eigenvalue weighted by molar-refractivity contribution is 0.0134. The van der Waals surface area contributed by atoms with Gasteiger partial charge in [0.25, 0.3) is 0 Å². The van der Waals surface area contributed by atoms with Crippen LogP contribution in [0.4, 0.5) is 0 Å². The third-order valence-corrected chi connectivity index (χ3v) is 3.34. The Morgan fingerprint density at radius 3 is 1.28 bits per heavy atom. The van der Waals surface area contributed by atoms with Crippen LogP contribution in [0.2, 0.25) is 0 Å². The minimum absolute atomic E-state index is 0.611. The second-order valence-corrected chi connectivity index (χ2v) is 6.19. The molecule has 0 spiro atoms. The molecule has 0 aliphatic heterocycles. The number of hydrogen-bond donors (Lipinski definition) is 1. The Bertz CT molecular complexity index is 217. The summed E-state index contributed by atoms with van der Waals surface area (Å²) in [6.07, 6.45) is 1.04. The number of ether oxygens (including phenoxy) is 6. The van der Waals surface area contributed by atoms with Crippen molar-refractivity contribution in [3.05, 3.63) is 0 Å². The van der Waals surface area contributed by atoms with E-state index in [-0.39, 0.29) is 0 Å². The van der Waals surface area contributed by atoms with E-state index in [1.807, 2.05) is 0 Å². The second-order valence-electron chi connectivity index (χ2n) is 5.11. The molecule has 0 aliphatic rings. The summed E-state index contributed by atoms with van der Waals surface area (Å²) in [6, 6.07) is 0. The van der Waals surface area contributed by atoms with Crippen LogP contribution in [0.5, 0.6) is 0 Å². The van der Waals surface area contributed by atoms with E-state index in [9.17, 15) is 0 Å². The Kier molecular flexibility index (Phi) is 24.9. The highest BCUT2D eigenvalue weighted by atomic mass is 127. The van der Waals surface area contributed by atoms with E-state index in [0.29, 0.717) is 66.1 Å². The highest BCUT2D eigenvalue weighted by Gasteiger charge is 1.93. The fraction of sp³-hybridized carbons (Fsp3) is 1.00. The molecule has 0 aliphatic carbocycles.